The molecule has 3 heteroatoms. The summed E-state index contributed by atoms with van der Waals surface area (Å²) >= 11 is 0. The number of para-hydroxylation sites is 1. The fourth-order valence-corrected chi connectivity index (χ4v) is 2.35. The first-order valence-corrected chi connectivity index (χ1v) is 6.98. The van der Waals surface area contributed by atoms with Gasteiger partial charge in [0, 0.05) is 36.0 Å². The average Bonchev–Trinajstić information content (AvgIpc) is 2.82. The Morgan fingerprint density at radius 2 is 2.25 bits per heavy atom. The highest BCUT2D eigenvalue weighted by molar-refractivity contribution is 5.83. The molecule has 0 aliphatic rings. The molecule has 1 amide bonds. The van der Waals surface area contributed by atoms with Gasteiger partial charge in [-0.2, -0.15) is 0 Å². The summed E-state index contributed by atoms with van der Waals surface area (Å²) in [6, 6.07) is 8.28. The predicted molar refractivity (Wildman–Crippen MR) is 82.3 cm³/mol. The van der Waals surface area contributed by atoms with Gasteiger partial charge < -0.3 is 10.3 Å². The summed E-state index contributed by atoms with van der Waals surface area (Å²) in [4.78, 5) is 15.0. The molecule has 2 aromatic rings. The molecule has 0 aliphatic carbocycles. The SMILES string of the molecule is C#CCC(C)NC(=O)CCCc1c[nH]c2ccccc12. The number of H-pyrrole nitrogens is 1. The number of benzene rings is 1. The molecule has 0 fully saturated rings. The number of carbonyl (C=O) groups excluding carboxylic acids is 1. The van der Waals surface area contributed by atoms with Crippen LogP contribution in [0.4, 0.5) is 0 Å². The molecular weight excluding hydrogens is 248 g/mol. The van der Waals surface area contributed by atoms with Crippen LogP contribution in [0.2, 0.25) is 0 Å². The first-order valence-electron chi connectivity index (χ1n) is 6.98. The van der Waals surface area contributed by atoms with Gasteiger partial charge in [0.25, 0.3) is 0 Å². The number of carbonyl (C=O) groups is 1. The van der Waals surface area contributed by atoms with Gasteiger partial charge >= 0.3 is 0 Å². The van der Waals surface area contributed by atoms with Crippen molar-refractivity contribution in [1.82, 2.24) is 10.3 Å². The summed E-state index contributed by atoms with van der Waals surface area (Å²) in [6.07, 6.45) is 10.1. The lowest BCUT2D eigenvalue weighted by Gasteiger charge is -2.10. The third-order valence-corrected chi connectivity index (χ3v) is 3.36. The van der Waals surface area contributed by atoms with E-state index in [9.17, 15) is 4.79 Å². The quantitative estimate of drug-likeness (QED) is 0.777. The molecule has 0 saturated heterocycles. The number of fused-ring (bicyclic) bond motifs is 1. The maximum absolute atomic E-state index is 11.7. The molecule has 1 aromatic heterocycles. The highest BCUT2D eigenvalue weighted by Gasteiger charge is 2.07. The van der Waals surface area contributed by atoms with Crippen LogP contribution in [0.25, 0.3) is 10.9 Å². The number of hydrogen-bond acceptors (Lipinski definition) is 1. The molecule has 20 heavy (non-hydrogen) atoms. The van der Waals surface area contributed by atoms with E-state index in [4.69, 9.17) is 6.42 Å². The largest absolute Gasteiger partial charge is 0.361 e. The summed E-state index contributed by atoms with van der Waals surface area (Å²) in [5.74, 6) is 2.63. The van der Waals surface area contributed by atoms with Crippen molar-refractivity contribution in [1.29, 1.82) is 0 Å². The van der Waals surface area contributed by atoms with E-state index >= 15 is 0 Å². The second-order valence-electron chi connectivity index (χ2n) is 5.09. The van der Waals surface area contributed by atoms with E-state index in [1.54, 1.807) is 0 Å². The monoisotopic (exact) mass is 268 g/mol. The van der Waals surface area contributed by atoms with E-state index in [-0.39, 0.29) is 11.9 Å². The molecule has 0 saturated carbocycles. The van der Waals surface area contributed by atoms with Crippen molar-refractivity contribution in [2.24, 2.45) is 0 Å². The number of aromatic amines is 1. The topological polar surface area (TPSA) is 44.9 Å². The Morgan fingerprint density at radius 3 is 3.05 bits per heavy atom. The molecule has 0 radical (unpaired) electrons. The number of aromatic nitrogens is 1. The van der Waals surface area contributed by atoms with Crippen molar-refractivity contribution in [3.63, 3.8) is 0 Å². The van der Waals surface area contributed by atoms with E-state index in [0.717, 1.165) is 18.4 Å². The molecule has 3 nitrogen and oxygen atoms in total. The van der Waals surface area contributed by atoms with Crippen LogP contribution in [0.3, 0.4) is 0 Å². The predicted octanol–water partition coefficient (Wildman–Crippen LogP) is 3.02. The highest BCUT2D eigenvalue weighted by Crippen LogP contribution is 2.19. The van der Waals surface area contributed by atoms with E-state index < -0.39 is 0 Å². The second-order valence-corrected chi connectivity index (χ2v) is 5.09. The maximum Gasteiger partial charge on any atom is 0.220 e. The molecule has 1 heterocycles. The molecule has 0 bridgehead atoms. The lowest BCUT2D eigenvalue weighted by molar-refractivity contribution is -0.121. The van der Waals surface area contributed by atoms with Crippen LogP contribution in [0.1, 0.15) is 31.7 Å². The molecule has 0 spiro atoms. The van der Waals surface area contributed by atoms with Gasteiger partial charge in [-0.25, -0.2) is 0 Å². The third kappa shape index (κ3) is 3.64. The van der Waals surface area contributed by atoms with Gasteiger partial charge in [-0.3, -0.25) is 4.79 Å². The minimum Gasteiger partial charge on any atom is -0.361 e. The zero-order valence-corrected chi connectivity index (χ0v) is 11.8. The average molecular weight is 268 g/mol. The highest BCUT2D eigenvalue weighted by atomic mass is 16.1. The van der Waals surface area contributed by atoms with Gasteiger partial charge in [0.05, 0.1) is 0 Å². The van der Waals surface area contributed by atoms with E-state index in [1.807, 2.05) is 25.3 Å². The standard InChI is InChI=1S/C17H20N2O/c1-3-7-13(2)19-17(20)11-6-8-14-12-18-16-10-5-4-9-15(14)16/h1,4-5,9-10,12-13,18H,6-8,11H2,2H3,(H,19,20). The minimum absolute atomic E-state index is 0.0561. The zero-order chi connectivity index (χ0) is 14.4. The normalized spacial score (nSPS) is 12.0. The van der Waals surface area contributed by atoms with Crippen LogP contribution in [0.15, 0.2) is 30.5 Å². The molecule has 1 atom stereocenters. The van der Waals surface area contributed by atoms with Gasteiger partial charge in [0.2, 0.25) is 5.91 Å². The summed E-state index contributed by atoms with van der Waals surface area (Å²) in [5, 5.41) is 4.15. The minimum atomic E-state index is 0.0561. The Hall–Kier alpha value is -2.21. The summed E-state index contributed by atoms with van der Waals surface area (Å²) in [7, 11) is 0. The van der Waals surface area contributed by atoms with Crippen LogP contribution in [0, 0.1) is 12.3 Å². The van der Waals surface area contributed by atoms with Crippen LogP contribution in [-0.2, 0) is 11.2 Å². The number of aryl methyl sites for hydroxylation is 1. The van der Waals surface area contributed by atoms with Gasteiger partial charge in [0.1, 0.15) is 0 Å². The van der Waals surface area contributed by atoms with Gasteiger partial charge in [-0.05, 0) is 31.4 Å². The number of nitrogens with one attached hydrogen (secondary N) is 2. The van der Waals surface area contributed by atoms with Crippen molar-refractivity contribution < 1.29 is 4.79 Å². The van der Waals surface area contributed by atoms with Crippen molar-refractivity contribution in [2.75, 3.05) is 0 Å². The molecule has 1 aromatic carbocycles. The molecule has 2 rings (SSSR count). The lowest BCUT2D eigenvalue weighted by atomic mass is 10.1. The second kappa shape index (κ2) is 6.81. The van der Waals surface area contributed by atoms with Crippen molar-refractivity contribution >= 4 is 16.8 Å². The molecule has 1 unspecified atom stereocenters. The molecular formula is C17H20N2O. The number of amides is 1. The zero-order valence-electron chi connectivity index (χ0n) is 11.8. The smallest absolute Gasteiger partial charge is 0.220 e. The molecule has 0 aliphatic heterocycles. The van der Waals surface area contributed by atoms with Crippen molar-refractivity contribution in [3.05, 3.63) is 36.0 Å². The summed E-state index contributed by atoms with van der Waals surface area (Å²) in [5.41, 5.74) is 2.42. The Kier molecular flexibility index (Phi) is 4.84. The number of rotatable bonds is 6. The first kappa shape index (κ1) is 14.2. The van der Waals surface area contributed by atoms with E-state index in [0.29, 0.717) is 12.8 Å². The van der Waals surface area contributed by atoms with Crippen LogP contribution in [0.5, 0.6) is 0 Å². The fourth-order valence-electron chi connectivity index (χ4n) is 2.35. The van der Waals surface area contributed by atoms with Crippen LogP contribution < -0.4 is 5.32 Å². The van der Waals surface area contributed by atoms with E-state index in [2.05, 4.69) is 28.4 Å². The summed E-state index contributed by atoms with van der Waals surface area (Å²) in [6.45, 7) is 1.93. The fraction of sp³-hybridized carbons (Fsp3) is 0.353. The first-order chi connectivity index (χ1) is 9.70. The van der Waals surface area contributed by atoms with Gasteiger partial charge in [-0.1, -0.05) is 18.2 Å². The Morgan fingerprint density at radius 1 is 1.45 bits per heavy atom. The number of hydrogen-bond donors (Lipinski definition) is 2. The van der Waals surface area contributed by atoms with Gasteiger partial charge in [0.15, 0.2) is 0 Å². The maximum atomic E-state index is 11.7. The number of terminal acetylenes is 1. The van der Waals surface area contributed by atoms with Crippen molar-refractivity contribution in [2.45, 2.75) is 38.6 Å². The Balaban J connectivity index is 1.81. The lowest BCUT2D eigenvalue weighted by Crippen LogP contribution is -2.31. The van der Waals surface area contributed by atoms with E-state index in [1.165, 1.54) is 10.9 Å². The summed E-state index contributed by atoms with van der Waals surface area (Å²) < 4.78 is 0. The van der Waals surface area contributed by atoms with Crippen LogP contribution >= 0.6 is 0 Å². The van der Waals surface area contributed by atoms with Crippen molar-refractivity contribution in [3.8, 4) is 12.3 Å². The van der Waals surface area contributed by atoms with Crippen LogP contribution in [-0.4, -0.2) is 16.9 Å². The molecule has 104 valence electrons. The Labute approximate surface area is 119 Å². The molecule has 2 N–H and O–H groups in total. The van der Waals surface area contributed by atoms with Gasteiger partial charge in [-0.15, -0.1) is 12.3 Å². The Bertz CT molecular complexity index is 621. The third-order valence-electron chi connectivity index (χ3n) is 3.36.